The smallest absolute Gasteiger partial charge is 0.230 e. The van der Waals surface area contributed by atoms with E-state index in [1.54, 1.807) is 18.9 Å². The van der Waals surface area contributed by atoms with Crippen LogP contribution >= 0.6 is 11.8 Å². The zero-order chi connectivity index (χ0) is 12.5. The highest BCUT2D eigenvalue weighted by molar-refractivity contribution is 7.99. The summed E-state index contributed by atoms with van der Waals surface area (Å²) in [4.78, 5) is 11.3. The summed E-state index contributed by atoms with van der Waals surface area (Å²) in [6, 6.07) is 7.92. The van der Waals surface area contributed by atoms with Gasteiger partial charge in [-0.1, -0.05) is 19.1 Å². The molecule has 4 heteroatoms. The number of ether oxygens (including phenoxy) is 1. The van der Waals surface area contributed by atoms with E-state index in [1.807, 2.05) is 31.2 Å². The first kappa shape index (κ1) is 13.9. The van der Waals surface area contributed by atoms with Gasteiger partial charge in [0.1, 0.15) is 5.75 Å². The van der Waals surface area contributed by atoms with Gasteiger partial charge in [-0.3, -0.25) is 4.79 Å². The number of rotatable bonds is 7. The lowest BCUT2D eigenvalue weighted by Crippen LogP contribution is -2.25. The van der Waals surface area contributed by atoms with Crippen molar-refractivity contribution in [3.05, 3.63) is 29.8 Å². The number of amides is 1. The van der Waals surface area contributed by atoms with Gasteiger partial charge in [0.15, 0.2) is 0 Å². The molecule has 0 radical (unpaired) electrons. The van der Waals surface area contributed by atoms with Crippen LogP contribution in [0.3, 0.4) is 0 Å². The monoisotopic (exact) mass is 253 g/mol. The first-order chi connectivity index (χ1) is 8.26. The number of nitrogens with one attached hydrogen (secondary N) is 1. The van der Waals surface area contributed by atoms with Gasteiger partial charge in [0.2, 0.25) is 5.91 Å². The molecule has 1 rings (SSSR count). The third-order valence-corrected chi connectivity index (χ3v) is 3.24. The van der Waals surface area contributed by atoms with Crippen molar-refractivity contribution in [2.75, 3.05) is 19.4 Å². The SMILES string of the molecule is CCCNC(=O)CSCc1ccc(OC)cc1. The molecule has 0 atom stereocenters. The van der Waals surface area contributed by atoms with E-state index in [0.717, 1.165) is 24.5 Å². The van der Waals surface area contributed by atoms with Crippen molar-refractivity contribution in [3.8, 4) is 5.75 Å². The highest BCUT2D eigenvalue weighted by atomic mass is 32.2. The molecule has 0 heterocycles. The molecular formula is C13H19NO2S. The van der Waals surface area contributed by atoms with E-state index < -0.39 is 0 Å². The van der Waals surface area contributed by atoms with Gasteiger partial charge in [0.05, 0.1) is 12.9 Å². The Balaban J connectivity index is 2.23. The Bertz CT molecular complexity index is 338. The van der Waals surface area contributed by atoms with Crippen LogP contribution in [0, 0.1) is 0 Å². The summed E-state index contributed by atoms with van der Waals surface area (Å²) in [7, 11) is 1.65. The fraction of sp³-hybridized carbons (Fsp3) is 0.462. The first-order valence-electron chi connectivity index (χ1n) is 5.73. The number of hydrogen-bond acceptors (Lipinski definition) is 3. The molecule has 0 unspecified atom stereocenters. The molecular weight excluding hydrogens is 234 g/mol. The summed E-state index contributed by atoms with van der Waals surface area (Å²) < 4.78 is 5.09. The van der Waals surface area contributed by atoms with E-state index >= 15 is 0 Å². The Hall–Kier alpha value is -1.16. The zero-order valence-corrected chi connectivity index (χ0v) is 11.2. The molecule has 94 valence electrons. The van der Waals surface area contributed by atoms with Crippen LogP contribution < -0.4 is 10.1 Å². The summed E-state index contributed by atoms with van der Waals surface area (Å²) in [5.74, 6) is 2.35. The second-order valence-corrected chi connectivity index (χ2v) is 4.68. The molecule has 1 aromatic rings. The largest absolute Gasteiger partial charge is 0.497 e. The van der Waals surface area contributed by atoms with Gasteiger partial charge in [-0.15, -0.1) is 11.8 Å². The molecule has 1 aromatic carbocycles. The third-order valence-electron chi connectivity index (χ3n) is 2.23. The van der Waals surface area contributed by atoms with Crippen molar-refractivity contribution in [1.82, 2.24) is 5.32 Å². The lowest BCUT2D eigenvalue weighted by atomic mass is 10.2. The number of methoxy groups -OCH3 is 1. The number of hydrogen-bond donors (Lipinski definition) is 1. The van der Waals surface area contributed by atoms with Crippen molar-refractivity contribution < 1.29 is 9.53 Å². The Morgan fingerprint density at radius 3 is 2.65 bits per heavy atom. The maximum absolute atomic E-state index is 11.3. The van der Waals surface area contributed by atoms with Gasteiger partial charge < -0.3 is 10.1 Å². The zero-order valence-electron chi connectivity index (χ0n) is 10.4. The van der Waals surface area contributed by atoms with E-state index in [4.69, 9.17) is 4.74 Å². The maximum Gasteiger partial charge on any atom is 0.230 e. The van der Waals surface area contributed by atoms with Crippen LogP contribution in [0.2, 0.25) is 0 Å². The minimum Gasteiger partial charge on any atom is -0.497 e. The standard InChI is InChI=1S/C13H19NO2S/c1-3-8-14-13(15)10-17-9-11-4-6-12(16-2)7-5-11/h4-7H,3,8-10H2,1-2H3,(H,14,15). The molecule has 0 fully saturated rings. The Kier molecular flexibility index (Phi) is 6.55. The highest BCUT2D eigenvalue weighted by Gasteiger charge is 2.01. The molecule has 0 spiro atoms. The average molecular weight is 253 g/mol. The highest BCUT2D eigenvalue weighted by Crippen LogP contribution is 2.16. The summed E-state index contributed by atoms with van der Waals surface area (Å²) in [6.07, 6.45) is 0.981. The fourth-order valence-electron chi connectivity index (χ4n) is 1.30. The molecule has 17 heavy (non-hydrogen) atoms. The van der Waals surface area contributed by atoms with Gasteiger partial charge in [0.25, 0.3) is 0 Å². The quantitative estimate of drug-likeness (QED) is 0.811. The van der Waals surface area contributed by atoms with Crippen LogP contribution in [0.1, 0.15) is 18.9 Å². The van der Waals surface area contributed by atoms with Crippen LogP contribution in [0.5, 0.6) is 5.75 Å². The van der Waals surface area contributed by atoms with Gasteiger partial charge in [-0.05, 0) is 24.1 Å². The van der Waals surface area contributed by atoms with Crippen molar-refractivity contribution in [2.24, 2.45) is 0 Å². The van der Waals surface area contributed by atoms with Gasteiger partial charge in [-0.2, -0.15) is 0 Å². The van der Waals surface area contributed by atoms with E-state index in [0.29, 0.717) is 5.75 Å². The van der Waals surface area contributed by atoms with Crippen molar-refractivity contribution in [3.63, 3.8) is 0 Å². The molecule has 0 aliphatic heterocycles. The number of thioether (sulfide) groups is 1. The first-order valence-corrected chi connectivity index (χ1v) is 6.89. The summed E-state index contributed by atoms with van der Waals surface area (Å²) in [5, 5.41) is 2.86. The summed E-state index contributed by atoms with van der Waals surface area (Å²) in [5.41, 5.74) is 1.21. The van der Waals surface area contributed by atoms with Crippen LogP contribution in [-0.2, 0) is 10.5 Å². The minimum absolute atomic E-state index is 0.116. The van der Waals surface area contributed by atoms with Crippen molar-refractivity contribution in [1.29, 1.82) is 0 Å². The summed E-state index contributed by atoms with van der Waals surface area (Å²) in [6.45, 7) is 2.81. The van der Waals surface area contributed by atoms with Gasteiger partial charge in [0, 0.05) is 12.3 Å². The Morgan fingerprint density at radius 2 is 2.06 bits per heavy atom. The third kappa shape index (κ3) is 5.63. The van der Waals surface area contributed by atoms with Crippen LogP contribution in [-0.4, -0.2) is 25.3 Å². The predicted molar refractivity (Wildman–Crippen MR) is 72.5 cm³/mol. The number of benzene rings is 1. The predicted octanol–water partition coefficient (Wildman–Crippen LogP) is 2.45. The second-order valence-electron chi connectivity index (χ2n) is 3.69. The molecule has 0 saturated heterocycles. The maximum atomic E-state index is 11.3. The molecule has 1 amide bonds. The molecule has 0 bridgehead atoms. The Labute approximate surface area is 107 Å². The molecule has 0 aliphatic rings. The van der Waals surface area contributed by atoms with E-state index in [1.165, 1.54) is 5.56 Å². The van der Waals surface area contributed by atoms with Crippen LogP contribution in [0.25, 0.3) is 0 Å². The van der Waals surface area contributed by atoms with Gasteiger partial charge in [-0.25, -0.2) is 0 Å². The minimum atomic E-state index is 0.116. The Morgan fingerprint density at radius 1 is 1.35 bits per heavy atom. The van der Waals surface area contributed by atoms with Crippen LogP contribution in [0.15, 0.2) is 24.3 Å². The molecule has 3 nitrogen and oxygen atoms in total. The molecule has 0 saturated carbocycles. The van der Waals surface area contributed by atoms with Gasteiger partial charge >= 0.3 is 0 Å². The topological polar surface area (TPSA) is 38.3 Å². The normalized spacial score (nSPS) is 10.0. The second kappa shape index (κ2) is 8.01. The molecule has 0 aliphatic carbocycles. The lowest BCUT2D eigenvalue weighted by molar-refractivity contribution is -0.118. The van der Waals surface area contributed by atoms with Crippen molar-refractivity contribution in [2.45, 2.75) is 19.1 Å². The van der Waals surface area contributed by atoms with E-state index in [9.17, 15) is 4.79 Å². The lowest BCUT2D eigenvalue weighted by Gasteiger charge is -2.04. The fourth-order valence-corrected chi connectivity index (χ4v) is 2.12. The summed E-state index contributed by atoms with van der Waals surface area (Å²) >= 11 is 1.63. The number of carbonyl (C=O) groups is 1. The average Bonchev–Trinajstić information content (AvgIpc) is 2.37. The van der Waals surface area contributed by atoms with E-state index in [2.05, 4.69) is 5.32 Å². The van der Waals surface area contributed by atoms with Crippen LogP contribution in [0.4, 0.5) is 0 Å². The van der Waals surface area contributed by atoms with E-state index in [-0.39, 0.29) is 5.91 Å². The molecule has 1 N–H and O–H groups in total. The molecule has 0 aromatic heterocycles. The number of carbonyl (C=O) groups excluding carboxylic acids is 1. The van der Waals surface area contributed by atoms with Crippen molar-refractivity contribution >= 4 is 17.7 Å².